The molecule has 15 heavy (non-hydrogen) atoms. The minimum absolute atomic E-state index is 0.392. The summed E-state index contributed by atoms with van der Waals surface area (Å²) in [5.74, 6) is 0. The topological polar surface area (TPSA) is 47.1 Å². The first-order chi connectivity index (χ1) is 7.20. The third kappa shape index (κ3) is 2.15. The van der Waals surface area contributed by atoms with E-state index in [1.807, 2.05) is 11.7 Å². The van der Waals surface area contributed by atoms with Gasteiger partial charge < -0.3 is 10.6 Å². The number of aromatic nitrogens is 2. The Morgan fingerprint density at radius 1 is 1.47 bits per heavy atom. The van der Waals surface area contributed by atoms with Gasteiger partial charge in [0.05, 0.1) is 11.4 Å². The van der Waals surface area contributed by atoms with Gasteiger partial charge in [0.25, 0.3) is 0 Å². The lowest BCUT2D eigenvalue weighted by molar-refractivity contribution is 0.500. The van der Waals surface area contributed by atoms with Gasteiger partial charge in [-0.2, -0.15) is 5.10 Å². The molecular formula is C11H20N4. The second-order valence-corrected chi connectivity index (χ2v) is 4.31. The molecule has 0 radical (unpaired) electrons. The monoisotopic (exact) mass is 208 g/mol. The maximum atomic E-state index is 5.90. The zero-order valence-corrected chi connectivity index (χ0v) is 9.61. The highest BCUT2D eigenvalue weighted by atomic mass is 15.3. The predicted molar refractivity (Wildman–Crippen MR) is 62.0 cm³/mol. The van der Waals surface area contributed by atoms with E-state index in [9.17, 15) is 0 Å². The Morgan fingerprint density at radius 2 is 2.13 bits per heavy atom. The quantitative estimate of drug-likeness (QED) is 0.786. The number of aryl methyl sites for hydroxylation is 2. The number of hydrogen-bond acceptors (Lipinski definition) is 3. The average molecular weight is 208 g/mol. The summed E-state index contributed by atoms with van der Waals surface area (Å²) in [5.41, 5.74) is 8.40. The van der Waals surface area contributed by atoms with Crippen LogP contribution >= 0.6 is 0 Å². The number of anilines is 1. The van der Waals surface area contributed by atoms with Crippen LogP contribution < -0.4 is 10.6 Å². The Kier molecular flexibility index (Phi) is 2.95. The molecule has 0 amide bonds. The molecule has 2 heterocycles. The van der Waals surface area contributed by atoms with Gasteiger partial charge in [-0.05, 0) is 19.3 Å². The summed E-state index contributed by atoms with van der Waals surface area (Å²) in [5, 5.41) is 4.47. The molecule has 84 valence electrons. The smallest absolute Gasteiger partial charge is 0.0855 e. The van der Waals surface area contributed by atoms with Gasteiger partial charge in [0.1, 0.15) is 0 Å². The Hall–Kier alpha value is -1.03. The van der Waals surface area contributed by atoms with Crippen molar-refractivity contribution in [1.29, 1.82) is 0 Å². The molecule has 4 heteroatoms. The molecule has 0 aromatic carbocycles. The van der Waals surface area contributed by atoms with Crippen LogP contribution in [0.15, 0.2) is 6.20 Å². The fourth-order valence-electron chi connectivity index (χ4n) is 2.18. The van der Waals surface area contributed by atoms with Crippen LogP contribution in [0.1, 0.15) is 25.5 Å². The molecule has 1 saturated heterocycles. The van der Waals surface area contributed by atoms with Crippen molar-refractivity contribution in [2.24, 2.45) is 12.8 Å². The van der Waals surface area contributed by atoms with Gasteiger partial charge in [-0.3, -0.25) is 4.68 Å². The maximum Gasteiger partial charge on any atom is 0.0855 e. The first-order valence-corrected chi connectivity index (χ1v) is 5.73. The summed E-state index contributed by atoms with van der Waals surface area (Å²) in [6.07, 6.45) is 5.31. The average Bonchev–Trinajstić information content (AvgIpc) is 2.61. The van der Waals surface area contributed by atoms with Crippen molar-refractivity contribution in [3.63, 3.8) is 0 Å². The van der Waals surface area contributed by atoms with E-state index in [0.29, 0.717) is 6.04 Å². The van der Waals surface area contributed by atoms with Crippen molar-refractivity contribution in [3.05, 3.63) is 11.9 Å². The molecule has 0 spiro atoms. The summed E-state index contributed by atoms with van der Waals surface area (Å²) in [6.45, 7) is 4.29. The van der Waals surface area contributed by atoms with Crippen LogP contribution in [0.4, 0.5) is 5.69 Å². The van der Waals surface area contributed by atoms with Crippen LogP contribution in [0.25, 0.3) is 0 Å². The first kappa shape index (κ1) is 10.5. The van der Waals surface area contributed by atoms with E-state index in [4.69, 9.17) is 5.73 Å². The van der Waals surface area contributed by atoms with Crippen LogP contribution in [0.5, 0.6) is 0 Å². The second kappa shape index (κ2) is 4.23. The van der Waals surface area contributed by atoms with Gasteiger partial charge in [-0.25, -0.2) is 0 Å². The van der Waals surface area contributed by atoms with Crippen LogP contribution in [0.2, 0.25) is 0 Å². The van der Waals surface area contributed by atoms with E-state index in [2.05, 4.69) is 23.1 Å². The van der Waals surface area contributed by atoms with Gasteiger partial charge in [0.15, 0.2) is 0 Å². The normalized spacial score (nSPS) is 18.5. The molecule has 0 aliphatic carbocycles. The van der Waals surface area contributed by atoms with Crippen molar-refractivity contribution in [1.82, 2.24) is 9.78 Å². The number of piperidine rings is 1. The summed E-state index contributed by atoms with van der Waals surface area (Å²) in [6, 6.07) is 0.392. The highest BCUT2D eigenvalue weighted by molar-refractivity contribution is 5.49. The standard InChI is InChI=1S/C11H20N4/c1-3-10-11(8-14(2)13-10)15-6-4-9(12)5-7-15/h8-9H,3-7,12H2,1-2H3. The number of rotatable bonds is 2. The molecular weight excluding hydrogens is 188 g/mol. The molecule has 0 atom stereocenters. The Bertz CT molecular complexity index is 323. The Labute approximate surface area is 91.1 Å². The van der Waals surface area contributed by atoms with E-state index in [-0.39, 0.29) is 0 Å². The van der Waals surface area contributed by atoms with Crippen molar-refractivity contribution in [2.75, 3.05) is 18.0 Å². The number of hydrogen-bond donors (Lipinski definition) is 1. The van der Waals surface area contributed by atoms with Crippen molar-refractivity contribution >= 4 is 5.69 Å². The second-order valence-electron chi connectivity index (χ2n) is 4.31. The van der Waals surface area contributed by atoms with Gasteiger partial charge in [-0.1, -0.05) is 6.92 Å². The van der Waals surface area contributed by atoms with E-state index in [1.165, 1.54) is 11.4 Å². The van der Waals surface area contributed by atoms with E-state index in [0.717, 1.165) is 32.4 Å². The molecule has 4 nitrogen and oxygen atoms in total. The van der Waals surface area contributed by atoms with E-state index < -0.39 is 0 Å². The molecule has 0 saturated carbocycles. The van der Waals surface area contributed by atoms with Gasteiger partial charge in [-0.15, -0.1) is 0 Å². The highest BCUT2D eigenvalue weighted by Gasteiger charge is 2.19. The van der Waals surface area contributed by atoms with Crippen molar-refractivity contribution < 1.29 is 0 Å². The van der Waals surface area contributed by atoms with Crippen molar-refractivity contribution in [2.45, 2.75) is 32.2 Å². The molecule has 0 unspecified atom stereocenters. The van der Waals surface area contributed by atoms with Crippen molar-refractivity contribution in [3.8, 4) is 0 Å². The molecule has 1 aromatic rings. The third-order valence-corrected chi connectivity index (χ3v) is 3.10. The minimum Gasteiger partial charge on any atom is -0.369 e. The first-order valence-electron chi connectivity index (χ1n) is 5.73. The summed E-state index contributed by atoms with van der Waals surface area (Å²) in [7, 11) is 1.98. The molecule has 1 aliphatic rings. The zero-order valence-electron chi connectivity index (χ0n) is 9.61. The van der Waals surface area contributed by atoms with E-state index in [1.54, 1.807) is 0 Å². The largest absolute Gasteiger partial charge is 0.369 e. The highest BCUT2D eigenvalue weighted by Crippen LogP contribution is 2.23. The zero-order chi connectivity index (χ0) is 10.8. The van der Waals surface area contributed by atoms with Gasteiger partial charge in [0.2, 0.25) is 0 Å². The van der Waals surface area contributed by atoms with Crippen LogP contribution in [0.3, 0.4) is 0 Å². The predicted octanol–water partition coefficient (Wildman–Crippen LogP) is 0.910. The van der Waals surface area contributed by atoms with Crippen LogP contribution in [0, 0.1) is 0 Å². The Morgan fingerprint density at radius 3 is 2.73 bits per heavy atom. The molecule has 1 aliphatic heterocycles. The lowest BCUT2D eigenvalue weighted by Crippen LogP contribution is -2.39. The summed E-state index contributed by atoms with van der Waals surface area (Å²) >= 11 is 0. The number of nitrogens with two attached hydrogens (primary N) is 1. The Balaban J connectivity index is 2.14. The fourth-order valence-corrected chi connectivity index (χ4v) is 2.18. The molecule has 2 N–H and O–H groups in total. The molecule has 2 rings (SSSR count). The van der Waals surface area contributed by atoms with Crippen LogP contribution in [-0.4, -0.2) is 28.9 Å². The maximum absolute atomic E-state index is 5.90. The fraction of sp³-hybridized carbons (Fsp3) is 0.727. The molecule has 1 aromatic heterocycles. The van der Waals surface area contributed by atoms with E-state index >= 15 is 0 Å². The number of nitrogens with zero attached hydrogens (tertiary/aromatic N) is 3. The molecule has 1 fully saturated rings. The third-order valence-electron chi connectivity index (χ3n) is 3.10. The van der Waals surface area contributed by atoms with Gasteiger partial charge in [0, 0.05) is 32.4 Å². The summed E-state index contributed by atoms with van der Waals surface area (Å²) < 4.78 is 1.91. The van der Waals surface area contributed by atoms with Crippen LogP contribution in [-0.2, 0) is 13.5 Å². The lowest BCUT2D eigenvalue weighted by Gasteiger charge is -2.31. The summed E-state index contributed by atoms with van der Waals surface area (Å²) in [4.78, 5) is 2.41. The minimum atomic E-state index is 0.392. The molecule has 0 bridgehead atoms. The SMILES string of the molecule is CCc1nn(C)cc1N1CCC(N)CC1. The van der Waals surface area contributed by atoms with Gasteiger partial charge >= 0.3 is 0 Å². The lowest BCUT2D eigenvalue weighted by atomic mass is 10.1.